The lowest BCUT2D eigenvalue weighted by Crippen LogP contribution is -2.35. The zero-order valence-electron chi connectivity index (χ0n) is 9.60. The predicted molar refractivity (Wildman–Crippen MR) is 73.3 cm³/mol. The molecule has 3 nitrogen and oxygen atoms in total. The maximum Gasteiger partial charge on any atom is 0.129 e. The number of hydrogen-bond donors (Lipinski definition) is 1. The summed E-state index contributed by atoms with van der Waals surface area (Å²) in [6.07, 6.45) is 5.76. The number of fused-ring (bicyclic) bond motifs is 2. The van der Waals surface area contributed by atoms with E-state index in [2.05, 4.69) is 21.3 Å². The number of rotatable bonds is 1. The van der Waals surface area contributed by atoms with Crippen molar-refractivity contribution in [3.05, 3.63) is 23.5 Å². The fourth-order valence-corrected chi connectivity index (χ4v) is 2.84. The van der Waals surface area contributed by atoms with Crippen molar-refractivity contribution in [2.24, 2.45) is 0 Å². The van der Waals surface area contributed by atoms with Crippen LogP contribution < -0.4 is 10.2 Å². The molecule has 2 saturated heterocycles. The van der Waals surface area contributed by atoms with Crippen molar-refractivity contribution in [1.29, 1.82) is 0 Å². The van der Waals surface area contributed by atoms with E-state index >= 15 is 0 Å². The Morgan fingerprint density at radius 3 is 2.82 bits per heavy atom. The maximum absolute atomic E-state index is 5.80. The van der Waals surface area contributed by atoms with E-state index in [0.29, 0.717) is 11.2 Å². The largest absolute Gasteiger partial charge is 0.369 e. The molecule has 3 rings (SSSR count). The molecule has 0 amide bonds. The molecule has 2 aliphatic rings. The Bertz CT molecular complexity index is 369. The second-order valence-corrected chi connectivity index (χ2v) is 5.10. The molecule has 0 saturated carbocycles. The third kappa shape index (κ3) is 2.84. The quantitative estimate of drug-likeness (QED) is 0.797. The highest BCUT2D eigenvalue weighted by molar-refractivity contribution is 6.29. The zero-order chi connectivity index (χ0) is 11.0. The third-order valence-electron chi connectivity index (χ3n) is 3.60. The van der Waals surface area contributed by atoms with Gasteiger partial charge in [0.25, 0.3) is 0 Å². The molecule has 2 aliphatic heterocycles. The van der Waals surface area contributed by atoms with Crippen LogP contribution in [0.15, 0.2) is 18.3 Å². The Morgan fingerprint density at radius 1 is 1.24 bits per heavy atom. The first kappa shape index (κ1) is 12.9. The summed E-state index contributed by atoms with van der Waals surface area (Å²) >= 11 is 5.80. The monoisotopic (exact) mass is 273 g/mol. The summed E-state index contributed by atoms with van der Waals surface area (Å²) in [6.45, 7) is 2.22. The molecule has 0 aliphatic carbocycles. The molecule has 0 radical (unpaired) electrons. The summed E-state index contributed by atoms with van der Waals surface area (Å²) in [6, 6.07) is 5.32. The molecule has 1 aromatic rings. The highest BCUT2D eigenvalue weighted by Crippen LogP contribution is 2.24. The summed E-state index contributed by atoms with van der Waals surface area (Å²) in [5.74, 6) is 0. The second-order valence-electron chi connectivity index (χ2n) is 4.71. The Hall–Kier alpha value is -0.510. The van der Waals surface area contributed by atoms with Gasteiger partial charge in [-0.05, 0) is 31.4 Å². The van der Waals surface area contributed by atoms with Crippen molar-refractivity contribution >= 4 is 29.7 Å². The lowest BCUT2D eigenvalue weighted by molar-refractivity contribution is 0.563. The van der Waals surface area contributed by atoms with Crippen LogP contribution in [0.3, 0.4) is 0 Å². The van der Waals surface area contributed by atoms with Crippen LogP contribution in [0.5, 0.6) is 0 Å². The first-order chi connectivity index (χ1) is 7.81. The minimum atomic E-state index is 0. The fourth-order valence-electron chi connectivity index (χ4n) is 2.73. The Morgan fingerprint density at radius 2 is 2.06 bits per heavy atom. The van der Waals surface area contributed by atoms with Gasteiger partial charge in [-0.15, -0.1) is 12.4 Å². The standard InChI is InChI=1S/C12H16ClN3.ClH/c13-12-4-3-11(7-14-12)16-6-5-9-1-2-10(8-16)15-9;/h3-4,7,9-10,15H,1-2,5-6,8H2;1H. The van der Waals surface area contributed by atoms with Gasteiger partial charge in [0, 0.05) is 25.2 Å². The van der Waals surface area contributed by atoms with Crippen LogP contribution in [-0.2, 0) is 0 Å². The smallest absolute Gasteiger partial charge is 0.129 e. The van der Waals surface area contributed by atoms with Crippen LogP contribution in [0.2, 0.25) is 5.15 Å². The minimum Gasteiger partial charge on any atom is -0.369 e. The van der Waals surface area contributed by atoms with Crippen molar-refractivity contribution in [2.75, 3.05) is 18.0 Å². The first-order valence-corrected chi connectivity index (χ1v) is 6.31. The van der Waals surface area contributed by atoms with Crippen molar-refractivity contribution in [1.82, 2.24) is 10.3 Å². The van der Waals surface area contributed by atoms with Gasteiger partial charge in [-0.3, -0.25) is 0 Å². The van der Waals surface area contributed by atoms with E-state index in [9.17, 15) is 0 Å². The van der Waals surface area contributed by atoms with E-state index in [0.717, 1.165) is 19.1 Å². The van der Waals surface area contributed by atoms with Gasteiger partial charge in [-0.2, -0.15) is 0 Å². The van der Waals surface area contributed by atoms with Crippen molar-refractivity contribution in [3.63, 3.8) is 0 Å². The number of nitrogens with zero attached hydrogens (tertiary/aromatic N) is 2. The molecule has 2 unspecified atom stereocenters. The third-order valence-corrected chi connectivity index (χ3v) is 3.82. The van der Waals surface area contributed by atoms with Gasteiger partial charge in [0.2, 0.25) is 0 Å². The molecule has 2 bridgehead atoms. The summed E-state index contributed by atoms with van der Waals surface area (Å²) in [4.78, 5) is 6.57. The molecule has 0 spiro atoms. The van der Waals surface area contributed by atoms with Crippen LogP contribution in [0, 0.1) is 0 Å². The molecular formula is C12H17Cl2N3. The van der Waals surface area contributed by atoms with Gasteiger partial charge >= 0.3 is 0 Å². The number of anilines is 1. The number of aromatic nitrogens is 1. The van der Waals surface area contributed by atoms with E-state index in [-0.39, 0.29) is 12.4 Å². The lowest BCUT2D eigenvalue weighted by Gasteiger charge is -2.25. The molecule has 1 N–H and O–H groups in total. The molecule has 94 valence electrons. The molecule has 5 heteroatoms. The van der Waals surface area contributed by atoms with E-state index < -0.39 is 0 Å². The molecule has 17 heavy (non-hydrogen) atoms. The number of pyridine rings is 1. The average molecular weight is 274 g/mol. The summed E-state index contributed by atoms with van der Waals surface area (Å²) in [7, 11) is 0. The molecule has 2 fully saturated rings. The van der Waals surface area contributed by atoms with Crippen LogP contribution in [0.1, 0.15) is 19.3 Å². The van der Waals surface area contributed by atoms with E-state index in [1.165, 1.54) is 24.9 Å². The Labute approximate surface area is 113 Å². The summed E-state index contributed by atoms with van der Waals surface area (Å²) < 4.78 is 0. The normalized spacial score (nSPS) is 27.5. The fraction of sp³-hybridized carbons (Fsp3) is 0.583. The molecule has 3 heterocycles. The number of nitrogens with one attached hydrogen (secondary N) is 1. The minimum absolute atomic E-state index is 0. The molecule has 1 aromatic heterocycles. The van der Waals surface area contributed by atoms with Gasteiger partial charge in [0.15, 0.2) is 0 Å². The maximum atomic E-state index is 5.80. The number of hydrogen-bond acceptors (Lipinski definition) is 3. The topological polar surface area (TPSA) is 28.2 Å². The van der Waals surface area contributed by atoms with Crippen LogP contribution in [-0.4, -0.2) is 30.2 Å². The van der Waals surface area contributed by atoms with Gasteiger partial charge < -0.3 is 10.2 Å². The van der Waals surface area contributed by atoms with Crippen LogP contribution >= 0.6 is 24.0 Å². The predicted octanol–water partition coefficient (Wildman–Crippen LogP) is 2.49. The zero-order valence-corrected chi connectivity index (χ0v) is 11.2. The van der Waals surface area contributed by atoms with Crippen molar-refractivity contribution < 1.29 is 0 Å². The molecule has 0 aromatic carbocycles. The van der Waals surface area contributed by atoms with E-state index in [1.807, 2.05) is 12.3 Å². The highest BCUT2D eigenvalue weighted by atomic mass is 35.5. The summed E-state index contributed by atoms with van der Waals surface area (Å²) in [5, 5.41) is 4.24. The number of halogens is 2. The van der Waals surface area contributed by atoms with Gasteiger partial charge in [-0.1, -0.05) is 11.6 Å². The second kappa shape index (κ2) is 5.42. The average Bonchev–Trinajstić information content (AvgIpc) is 2.60. The van der Waals surface area contributed by atoms with E-state index in [1.54, 1.807) is 0 Å². The Balaban J connectivity index is 0.00000108. The lowest BCUT2D eigenvalue weighted by atomic mass is 10.1. The van der Waals surface area contributed by atoms with Crippen molar-refractivity contribution in [2.45, 2.75) is 31.3 Å². The van der Waals surface area contributed by atoms with Crippen LogP contribution in [0.25, 0.3) is 0 Å². The highest BCUT2D eigenvalue weighted by Gasteiger charge is 2.29. The first-order valence-electron chi connectivity index (χ1n) is 5.94. The van der Waals surface area contributed by atoms with Gasteiger partial charge in [0.05, 0.1) is 11.9 Å². The molecular weight excluding hydrogens is 257 g/mol. The van der Waals surface area contributed by atoms with Gasteiger partial charge in [-0.25, -0.2) is 4.98 Å². The SMILES string of the molecule is Cl.Clc1ccc(N2CCC3CCC(C2)N3)cn1. The Kier molecular flexibility index (Phi) is 4.13. The summed E-state index contributed by atoms with van der Waals surface area (Å²) in [5.41, 5.74) is 1.19. The van der Waals surface area contributed by atoms with Gasteiger partial charge in [0.1, 0.15) is 5.15 Å². The molecule has 2 atom stereocenters. The van der Waals surface area contributed by atoms with Crippen LogP contribution in [0.4, 0.5) is 5.69 Å². The van der Waals surface area contributed by atoms with E-state index in [4.69, 9.17) is 11.6 Å². The van der Waals surface area contributed by atoms with Crippen molar-refractivity contribution in [3.8, 4) is 0 Å².